The second kappa shape index (κ2) is 11.0. The molecule has 9 heteroatoms. The third-order valence-corrected chi connectivity index (χ3v) is 10.5. The number of hydrogen-bond acceptors (Lipinski definition) is 7. The van der Waals surface area contributed by atoms with E-state index in [0.717, 1.165) is 97.3 Å². The summed E-state index contributed by atoms with van der Waals surface area (Å²) in [6.07, 6.45) is 7.66. The van der Waals surface area contributed by atoms with Crippen LogP contribution in [0.3, 0.4) is 0 Å². The zero-order valence-electron chi connectivity index (χ0n) is 27.7. The van der Waals surface area contributed by atoms with Crippen molar-refractivity contribution in [3.63, 3.8) is 0 Å². The predicted octanol–water partition coefficient (Wildman–Crippen LogP) is 6.80. The van der Waals surface area contributed by atoms with E-state index in [4.69, 9.17) is 19.6 Å². The highest BCUT2D eigenvalue weighted by Crippen LogP contribution is 2.48. The maximum atomic E-state index is 12.7. The van der Waals surface area contributed by atoms with Gasteiger partial charge in [0.1, 0.15) is 23.1 Å². The summed E-state index contributed by atoms with van der Waals surface area (Å²) in [5.41, 5.74) is 6.83. The van der Waals surface area contributed by atoms with Crippen LogP contribution in [0.2, 0.25) is 0 Å². The van der Waals surface area contributed by atoms with Crippen molar-refractivity contribution in [3.8, 4) is 17.2 Å². The molecule has 238 valence electrons. The van der Waals surface area contributed by atoms with E-state index in [9.17, 15) is 10.1 Å². The lowest BCUT2D eigenvalue weighted by molar-refractivity contribution is -0.0366. The van der Waals surface area contributed by atoms with E-state index >= 15 is 0 Å². The molecule has 1 aliphatic carbocycles. The van der Waals surface area contributed by atoms with Crippen molar-refractivity contribution < 1.29 is 14.3 Å². The van der Waals surface area contributed by atoms with Gasteiger partial charge in [0.05, 0.1) is 11.7 Å². The SMILES string of the molecule is Cc1ccc2c(cnn2C2CCCCO2)c1-c1c(C#N)c(N2CCC3(CN(C(=O)OC(C)(C)C)C3)C2)nc2c1CC(C(C)C)C2. The first kappa shape index (κ1) is 30.0. The summed E-state index contributed by atoms with van der Waals surface area (Å²) in [6, 6.07) is 6.98. The van der Waals surface area contributed by atoms with Gasteiger partial charge in [-0.25, -0.2) is 14.5 Å². The van der Waals surface area contributed by atoms with Crippen LogP contribution in [0.1, 0.15) is 88.9 Å². The fourth-order valence-electron chi connectivity index (χ4n) is 8.01. The van der Waals surface area contributed by atoms with Crippen molar-refractivity contribution in [2.24, 2.45) is 17.3 Å². The Bertz CT molecular complexity index is 1680. The standard InChI is InChI=1S/C36H46N6O3/c1-22(2)24-15-25-28(16-24)39-33(40-13-12-36(19-40)20-41(21-36)34(43)45-35(4,5)6)26(17-37)32(25)31-23(3)10-11-29-27(31)18-38-42(29)30-9-7-8-14-44-30/h10-11,18,22,24,30H,7-9,12-16,19-21H2,1-6H3. The minimum Gasteiger partial charge on any atom is -0.444 e. The summed E-state index contributed by atoms with van der Waals surface area (Å²) < 4.78 is 13.8. The zero-order chi connectivity index (χ0) is 31.7. The molecule has 3 saturated heterocycles. The third-order valence-electron chi connectivity index (χ3n) is 10.5. The Morgan fingerprint density at radius 1 is 1.16 bits per heavy atom. The molecule has 1 aromatic carbocycles. The third kappa shape index (κ3) is 5.25. The lowest BCUT2D eigenvalue weighted by Gasteiger charge is -2.47. The molecule has 7 rings (SSSR count). The average Bonchev–Trinajstić information content (AvgIpc) is 3.72. The van der Waals surface area contributed by atoms with Crippen LogP contribution in [0.4, 0.5) is 10.6 Å². The van der Waals surface area contributed by atoms with Gasteiger partial charge in [-0.15, -0.1) is 0 Å². The Kier molecular flexibility index (Phi) is 7.35. The number of ether oxygens (including phenoxy) is 2. The van der Waals surface area contributed by atoms with Crippen LogP contribution in [-0.2, 0) is 22.3 Å². The highest BCUT2D eigenvalue weighted by atomic mass is 16.6. The van der Waals surface area contributed by atoms with Crippen molar-refractivity contribution in [1.29, 1.82) is 5.26 Å². The van der Waals surface area contributed by atoms with E-state index < -0.39 is 5.60 Å². The fourth-order valence-corrected chi connectivity index (χ4v) is 8.01. The number of carbonyl (C=O) groups excluding carboxylic acids is 1. The van der Waals surface area contributed by atoms with Crippen LogP contribution in [0.25, 0.3) is 22.0 Å². The Morgan fingerprint density at radius 2 is 1.96 bits per heavy atom. The molecule has 0 saturated carbocycles. The van der Waals surface area contributed by atoms with Gasteiger partial charge in [0.2, 0.25) is 0 Å². The van der Waals surface area contributed by atoms with Gasteiger partial charge in [0.25, 0.3) is 0 Å². The average molecular weight is 611 g/mol. The fraction of sp³-hybridized carbons (Fsp3) is 0.611. The summed E-state index contributed by atoms with van der Waals surface area (Å²) in [5.74, 6) is 1.81. The van der Waals surface area contributed by atoms with Crippen LogP contribution < -0.4 is 4.90 Å². The number of aryl methyl sites for hydroxylation is 1. The summed E-state index contributed by atoms with van der Waals surface area (Å²) in [7, 11) is 0. The van der Waals surface area contributed by atoms with Crippen molar-refractivity contribution in [2.45, 2.75) is 91.9 Å². The second-order valence-corrected chi connectivity index (χ2v) is 15.2. The van der Waals surface area contributed by atoms with E-state index in [0.29, 0.717) is 30.5 Å². The molecule has 2 atom stereocenters. The number of carbonyl (C=O) groups is 1. The number of anilines is 1. The lowest BCUT2D eigenvalue weighted by Crippen LogP contribution is -2.60. The lowest BCUT2D eigenvalue weighted by atomic mass is 9.79. The molecule has 3 aromatic rings. The number of fused-ring (bicyclic) bond motifs is 2. The molecule has 1 spiro atoms. The molecule has 3 fully saturated rings. The number of nitriles is 1. The molecular weight excluding hydrogens is 564 g/mol. The molecule has 4 aliphatic rings. The van der Waals surface area contributed by atoms with Crippen LogP contribution in [0.5, 0.6) is 0 Å². The van der Waals surface area contributed by atoms with E-state index in [-0.39, 0.29) is 17.7 Å². The van der Waals surface area contributed by atoms with Crippen LogP contribution in [0.15, 0.2) is 18.3 Å². The highest BCUT2D eigenvalue weighted by Gasteiger charge is 2.51. The molecule has 0 radical (unpaired) electrons. The first-order chi connectivity index (χ1) is 21.5. The first-order valence-electron chi connectivity index (χ1n) is 16.7. The smallest absolute Gasteiger partial charge is 0.410 e. The van der Waals surface area contributed by atoms with Gasteiger partial charge in [-0.1, -0.05) is 19.9 Å². The van der Waals surface area contributed by atoms with Gasteiger partial charge in [-0.2, -0.15) is 10.4 Å². The molecule has 0 N–H and O–H groups in total. The van der Waals surface area contributed by atoms with Gasteiger partial charge in [0.15, 0.2) is 6.23 Å². The molecule has 5 heterocycles. The van der Waals surface area contributed by atoms with Gasteiger partial charge < -0.3 is 19.3 Å². The summed E-state index contributed by atoms with van der Waals surface area (Å²) in [5, 5.41) is 16.8. The molecule has 2 unspecified atom stereocenters. The number of benzene rings is 1. The van der Waals surface area contributed by atoms with Crippen LogP contribution in [-0.4, -0.2) is 64.1 Å². The van der Waals surface area contributed by atoms with E-state index in [1.165, 1.54) is 5.56 Å². The van der Waals surface area contributed by atoms with E-state index in [1.807, 2.05) is 36.5 Å². The topological polar surface area (TPSA) is 96.5 Å². The van der Waals surface area contributed by atoms with E-state index in [2.05, 4.69) is 43.9 Å². The van der Waals surface area contributed by atoms with E-state index in [1.54, 1.807) is 0 Å². The number of hydrogen-bond donors (Lipinski definition) is 0. The first-order valence-corrected chi connectivity index (χ1v) is 16.7. The monoisotopic (exact) mass is 610 g/mol. The number of nitrogens with zero attached hydrogens (tertiary/aromatic N) is 6. The minimum absolute atomic E-state index is 0.00201. The molecule has 2 aromatic heterocycles. The number of aromatic nitrogens is 3. The van der Waals surface area contributed by atoms with Crippen molar-refractivity contribution in [2.75, 3.05) is 37.7 Å². The van der Waals surface area contributed by atoms with Gasteiger partial charge in [-0.3, -0.25) is 0 Å². The summed E-state index contributed by atoms with van der Waals surface area (Å²) >= 11 is 0. The molecule has 1 amide bonds. The Labute approximate surface area is 266 Å². The molecular formula is C36H46N6O3. The summed E-state index contributed by atoms with van der Waals surface area (Å²) in [4.78, 5) is 22.1. The number of pyridine rings is 1. The van der Waals surface area contributed by atoms with Crippen LogP contribution >= 0.6 is 0 Å². The Morgan fingerprint density at radius 3 is 2.64 bits per heavy atom. The Hall–Kier alpha value is -3.64. The van der Waals surface area contributed by atoms with Gasteiger partial charge in [0, 0.05) is 54.8 Å². The maximum Gasteiger partial charge on any atom is 0.410 e. The molecule has 45 heavy (non-hydrogen) atoms. The molecule has 9 nitrogen and oxygen atoms in total. The molecule has 0 bridgehead atoms. The normalized spacial score (nSPS) is 22.6. The highest BCUT2D eigenvalue weighted by molar-refractivity contribution is 6.00. The number of amides is 1. The second-order valence-electron chi connectivity index (χ2n) is 15.2. The quantitative estimate of drug-likeness (QED) is 0.321. The van der Waals surface area contributed by atoms with Crippen molar-refractivity contribution >= 4 is 22.8 Å². The van der Waals surface area contributed by atoms with Gasteiger partial charge >= 0.3 is 6.09 Å². The zero-order valence-corrected chi connectivity index (χ0v) is 27.7. The summed E-state index contributed by atoms with van der Waals surface area (Å²) in [6.45, 7) is 16.1. The Balaban J connectivity index is 1.29. The minimum atomic E-state index is -0.511. The predicted molar refractivity (Wildman–Crippen MR) is 174 cm³/mol. The number of likely N-dealkylation sites (tertiary alicyclic amines) is 1. The maximum absolute atomic E-state index is 12.7. The number of rotatable bonds is 4. The molecule has 3 aliphatic heterocycles. The van der Waals surface area contributed by atoms with Crippen LogP contribution in [0, 0.1) is 35.5 Å². The van der Waals surface area contributed by atoms with Crippen molar-refractivity contribution in [1.82, 2.24) is 19.7 Å². The van der Waals surface area contributed by atoms with Crippen molar-refractivity contribution in [3.05, 3.63) is 40.7 Å². The van der Waals surface area contributed by atoms with Gasteiger partial charge in [-0.05, 0) is 101 Å². The largest absolute Gasteiger partial charge is 0.444 e.